The van der Waals surface area contributed by atoms with Crippen molar-refractivity contribution in [2.75, 3.05) is 0 Å². The first-order valence-electron chi connectivity index (χ1n) is 6.87. The summed E-state index contributed by atoms with van der Waals surface area (Å²) >= 11 is 1.72. The molecule has 0 fully saturated rings. The molecule has 0 saturated carbocycles. The van der Waals surface area contributed by atoms with Crippen LogP contribution >= 0.6 is 11.3 Å². The number of aryl methyl sites for hydroxylation is 1. The van der Waals surface area contributed by atoms with Crippen LogP contribution < -0.4 is 5.73 Å². The number of para-hydroxylation sites is 1. The van der Waals surface area contributed by atoms with Crippen molar-refractivity contribution in [2.45, 2.75) is 32.9 Å². The molecule has 0 aliphatic heterocycles. The van der Waals surface area contributed by atoms with E-state index in [1.54, 1.807) is 11.3 Å². The normalized spacial score (nSPS) is 12.9. The minimum absolute atomic E-state index is 0.172. The average Bonchev–Trinajstić information content (AvgIpc) is 2.97. The molecule has 0 saturated heterocycles. The van der Waals surface area contributed by atoms with E-state index in [2.05, 4.69) is 52.3 Å². The zero-order valence-electron chi connectivity index (χ0n) is 11.8. The third kappa shape index (κ3) is 2.62. The van der Waals surface area contributed by atoms with Crippen LogP contribution in [0.2, 0.25) is 0 Å². The van der Waals surface area contributed by atoms with Crippen LogP contribution in [0.4, 0.5) is 0 Å². The van der Waals surface area contributed by atoms with E-state index in [0.29, 0.717) is 0 Å². The van der Waals surface area contributed by atoms with Gasteiger partial charge in [0.15, 0.2) is 0 Å². The molecule has 2 heterocycles. The van der Waals surface area contributed by atoms with Crippen molar-refractivity contribution in [3.8, 4) is 0 Å². The monoisotopic (exact) mass is 285 g/mol. The quantitative estimate of drug-likeness (QED) is 0.799. The minimum atomic E-state index is 0.172. The molecular formula is C16H19N3S. The molecule has 20 heavy (non-hydrogen) atoms. The van der Waals surface area contributed by atoms with Crippen LogP contribution in [-0.4, -0.2) is 15.6 Å². The van der Waals surface area contributed by atoms with Gasteiger partial charge < -0.3 is 10.3 Å². The molecule has 2 aromatic heterocycles. The predicted octanol–water partition coefficient (Wildman–Crippen LogP) is 3.34. The zero-order chi connectivity index (χ0) is 14.1. The molecule has 104 valence electrons. The topological polar surface area (TPSA) is 43.8 Å². The average molecular weight is 285 g/mol. The van der Waals surface area contributed by atoms with Gasteiger partial charge >= 0.3 is 0 Å². The van der Waals surface area contributed by atoms with Crippen molar-refractivity contribution in [3.63, 3.8) is 0 Å². The number of hydrogen-bond acceptors (Lipinski definition) is 3. The van der Waals surface area contributed by atoms with Crippen LogP contribution in [-0.2, 0) is 13.0 Å². The van der Waals surface area contributed by atoms with Gasteiger partial charge in [0.1, 0.15) is 5.01 Å². The predicted molar refractivity (Wildman–Crippen MR) is 85.2 cm³/mol. The fourth-order valence-corrected chi connectivity index (χ4v) is 3.37. The van der Waals surface area contributed by atoms with Crippen molar-refractivity contribution in [2.24, 2.45) is 5.73 Å². The molecule has 4 heteroatoms. The Morgan fingerprint density at radius 1 is 1.35 bits per heavy atom. The summed E-state index contributed by atoms with van der Waals surface area (Å²) in [5.41, 5.74) is 9.67. The Kier molecular flexibility index (Phi) is 3.59. The second kappa shape index (κ2) is 5.38. The van der Waals surface area contributed by atoms with E-state index in [0.717, 1.165) is 23.7 Å². The Morgan fingerprint density at radius 3 is 2.90 bits per heavy atom. The first-order chi connectivity index (χ1) is 9.63. The second-order valence-electron chi connectivity index (χ2n) is 5.36. The van der Waals surface area contributed by atoms with Gasteiger partial charge in [-0.05, 0) is 37.3 Å². The minimum Gasteiger partial charge on any atom is -0.340 e. The number of rotatable bonds is 4. The summed E-state index contributed by atoms with van der Waals surface area (Å²) < 4.78 is 2.28. The van der Waals surface area contributed by atoms with E-state index in [-0.39, 0.29) is 6.04 Å². The van der Waals surface area contributed by atoms with Gasteiger partial charge in [0.25, 0.3) is 0 Å². The number of thiazole rings is 1. The molecule has 0 spiro atoms. The fourth-order valence-electron chi connectivity index (χ4n) is 2.61. The third-order valence-corrected chi connectivity index (χ3v) is 4.34. The summed E-state index contributed by atoms with van der Waals surface area (Å²) in [5, 5.41) is 4.52. The highest BCUT2D eigenvalue weighted by atomic mass is 32.1. The number of fused-ring (bicyclic) bond motifs is 1. The van der Waals surface area contributed by atoms with Gasteiger partial charge in [-0.25, -0.2) is 4.98 Å². The molecule has 0 bridgehead atoms. The van der Waals surface area contributed by atoms with Gasteiger partial charge in [0.05, 0.1) is 12.1 Å². The Balaban J connectivity index is 2.02. The van der Waals surface area contributed by atoms with Crippen molar-refractivity contribution in [1.82, 2.24) is 9.55 Å². The zero-order valence-corrected chi connectivity index (χ0v) is 12.7. The lowest BCUT2D eigenvalue weighted by molar-refractivity contribution is 0.734. The van der Waals surface area contributed by atoms with Gasteiger partial charge in [0.2, 0.25) is 0 Å². The summed E-state index contributed by atoms with van der Waals surface area (Å²) in [4.78, 5) is 4.56. The SMILES string of the molecule is Cc1csc(Cn2ccc3cccc(CC(C)N)c32)n1. The lowest BCUT2D eigenvalue weighted by Gasteiger charge is -2.10. The molecule has 1 atom stereocenters. The summed E-state index contributed by atoms with van der Waals surface area (Å²) in [6.45, 7) is 4.92. The molecule has 3 nitrogen and oxygen atoms in total. The van der Waals surface area contributed by atoms with Gasteiger partial charge in [-0.15, -0.1) is 11.3 Å². The Hall–Kier alpha value is -1.65. The summed E-state index contributed by atoms with van der Waals surface area (Å²) in [6.07, 6.45) is 3.05. The molecule has 2 N–H and O–H groups in total. The molecule has 3 aromatic rings. The summed E-state index contributed by atoms with van der Waals surface area (Å²) in [7, 11) is 0. The molecule has 1 unspecified atom stereocenters. The highest BCUT2D eigenvalue weighted by molar-refractivity contribution is 7.09. The largest absolute Gasteiger partial charge is 0.340 e. The first-order valence-corrected chi connectivity index (χ1v) is 7.75. The lowest BCUT2D eigenvalue weighted by atomic mass is 10.0. The van der Waals surface area contributed by atoms with Crippen LogP contribution in [0, 0.1) is 6.92 Å². The van der Waals surface area contributed by atoms with Crippen LogP contribution in [0.3, 0.4) is 0 Å². The summed E-state index contributed by atoms with van der Waals surface area (Å²) in [6, 6.07) is 8.78. The molecule has 0 radical (unpaired) electrons. The molecular weight excluding hydrogens is 266 g/mol. The Labute approximate surface area is 123 Å². The molecule has 3 rings (SSSR count). The van der Waals surface area contributed by atoms with Crippen LogP contribution in [0.15, 0.2) is 35.8 Å². The Bertz CT molecular complexity index is 724. The van der Waals surface area contributed by atoms with E-state index in [9.17, 15) is 0 Å². The summed E-state index contributed by atoms with van der Waals surface area (Å²) in [5.74, 6) is 0. The van der Waals surface area contributed by atoms with Gasteiger partial charge in [-0.2, -0.15) is 0 Å². The number of hydrogen-bond donors (Lipinski definition) is 1. The van der Waals surface area contributed by atoms with E-state index in [1.165, 1.54) is 16.5 Å². The first kappa shape index (κ1) is 13.3. The third-order valence-electron chi connectivity index (χ3n) is 3.39. The fraction of sp³-hybridized carbons (Fsp3) is 0.312. The van der Waals surface area contributed by atoms with E-state index >= 15 is 0 Å². The van der Waals surface area contributed by atoms with Crippen LogP contribution in [0.25, 0.3) is 10.9 Å². The number of benzene rings is 1. The van der Waals surface area contributed by atoms with Gasteiger partial charge in [-0.1, -0.05) is 18.2 Å². The smallest absolute Gasteiger partial charge is 0.113 e. The molecule has 1 aromatic carbocycles. The highest BCUT2D eigenvalue weighted by Crippen LogP contribution is 2.23. The van der Waals surface area contributed by atoms with Crippen molar-refractivity contribution in [1.29, 1.82) is 0 Å². The van der Waals surface area contributed by atoms with Gasteiger partial charge in [-0.3, -0.25) is 0 Å². The second-order valence-corrected chi connectivity index (χ2v) is 6.31. The number of nitrogens with zero attached hydrogens (tertiary/aromatic N) is 2. The molecule has 0 aliphatic rings. The van der Waals surface area contributed by atoms with Crippen molar-refractivity contribution >= 4 is 22.2 Å². The van der Waals surface area contributed by atoms with Crippen molar-refractivity contribution < 1.29 is 0 Å². The van der Waals surface area contributed by atoms with Crippen LogP contribution in [0.5, 0.6) is 0 Å². The maximum Gasteiger partial charge on any atom is 0.113 e. The molecule has 0 aliphatic carbocycles. The standard InChI is InChI=1S/C16H19N3S/c1-11(17)8-14-5-3-4-13-6-7-19(16(13)14)9-15-18-12(2)10-20-15/h3-7,10-11H,8-9,17H2,1-2H3. The van der Waals surface area contributed by atoms with Crippen molar-refractivity contribution in [3.05, 3.63) is 52.1 Å². The van der Waals surface area contributed by atoms with Crippen LogP contribution in [0.1, 0.15) is 23.2 Å². The lowest BCUT2D eigenvalue weighted by Crippen LogP contribution is -2.18. The maximum absolute atomic E-state index is 5.97. The van der Waals surface area contributed by atoms with Gasteiger partial charge in [0, 0.05) is 23.3 Å². The molecule has 0 amide bonds. The number of nitrogens with two attached hydrogens (primary N) is 1. The highest BCUT2D eigenvalue weighted by Gasteiger charge is 2.09. The maximum atomic E-state index is 5.97. The van der Waals surface area contributed by atoms with E-state index < -0.39 is 0 Å². The van der Waals surface area contributed by atoms with E-state index in [4.69, 9.17) is 5.73 Å². The Morgan fingerprint density at radius 2 is 2.20 bits per heavy atom. The number of aromatic nitrogens is 2. The van der Waals surface area contributed by atoms with E-state index in [1.807, 2.05) is 6.92 Å².